The van der Waals surface area contributed by atoms with E-state index in [2.05, 4.69) is 14.9 Å². The lowest BCUT2D eigenvalue weighted by atomic mass is 10.0. The molecule has 0 aliphatic rings. The van der Waals surface area contributed by atoms with Crippen molar-refractivity contribution < 1.29 is 8.60 Å². The second-order valence-corrected chi connectivity index (χ2v) is 7.94. The van der Waals surface area contributed by atoms with E-state index in [1.807, 2.05) is 26.8 Å². The predicted octanol–water partition coefficient (Wildman–Crippen LogP) is 3.33. The summed E-state index contributed by atoms with van der Waals surface area (Å²) in [7, 11) is -1.24. The van der Waals surface area contributed by atoms with E-state index in [0.29, 0.717) is 5.56 Å². The normalized spacial score (nSPS) is 14.9. The van der Waals surface area contributed by atoms with Gasteiger partial charge in [0.05, 0.1) is 21.9 Å². The minimum Gasteiger partial charge on any atom is -0.285 e. The fourth-order valence-corrected chi connectivity index (χ4v) is 2.67. The van der Waals surface area contributed by atoms with Crippen molar-refractivity contribution in [2.45, 2.75) is 38.5 Å². The molecular weight excluding hydrogens is 289 g/mol. The average molecular weight is 309 g/mol. The fourth-order valence-electron chi connectivity index (χ4n) is 1.87. The molecule has 0 spiro atoms. The Morgan fingerprint density at radius 1 is 1.33 bits per heavy atom. The number of H-pyrrole nitrogens is 1. The van der Waals surface area contributed by atoms with E-state index < -0.39 is 11.0 Å². The van der Waals surface area contributed by atoms with Crippen LogP contribution in [-0.4, -0.2) is 19.2 Å². The summed E-state index contributed by atoms with van der Waals surface area (Å²) < 4.78 is 28.9. The molecule has 4 nitrogen and oxygen atoms in total. The van der Waals surface area contributed by atoms with Crippen LogP contribution < -0.4 is 4.72 Å². The van der Waals surface area contributed by atoms with Crippen LogP contribution in [0.4, 0.5) is 4.39 Å². The lowest BCUT2D eigenvalue weighted by Crippen LogP contribution is -2.35. The summed E-state index contributed by atoms with van der Waals surface area (Å²) in [6, 6.07) is 4.69. The van der Waals surface area contributed by atoms with Gasteiger partial charge in [0.1, 0.15) is 5.82 Å². The van der Waals surface area contributed by atoms with Crippen LogP contribution in [0.25, 0.3) is 11.1 Å². The van der Waals surface area contributed by atoms with Gasteiger partial charge in [-0.25, -0.2) is 13.3 Å². The van der Waals surface area contributed by atoms with Crippen molar-refractivity contribution in [3.8, 4) is 11.1 Å². The molecule has 1 aromatic heterocycles. The number of aromatic amines is 1. The first-order valence-corrected chi connectivity index (χ1v) is 7.90. The third-order valence-electron chi connectivity index (χ3n) is 3.14. The smallest absolute Gasteiger partial charge is 0.128 e. The van der Waals surface area contributed by atoms with Crippen LogP contribution in [0.2, 0.25) is 0 Å². The highest BCUT2D eigenvalue weighted by molar-refractivity contribution is 7.84. The molecule has 21 heavy (non-hydrogen) atoms. The molecule has 114 valence electrons. The zero-order chi connectivity index (χ0) is 15.6. The van der Waals surface area contributed by atoms with Gasteiger partial charge in [-0.15, -0.1) is 0 Å². The Bertz CT molecular complexity index is 635. The molecule has 2 atom stereocenters. The predicted molar refractivity (Wildman–Crippen MR) is 83.4 cm³/mol. The van der Waals surface area contributed by atoms with E-state index in [-0.39, 0.29) is 16.6 Å². The van der Waals surface area contributed by atoms with Crippen LogP contribution >= 0.6 is 0 Å². The molecule has 0 saturated heterocycles. The summed E-state index contributed by atoms with van der Waals surface area (Å²) in [4.78, 5) is 0. The van der Waals surface area contributed by atoms with Crippen molar-refractivity contribution in [1.82, 2.24) is 14.9 Å². The summed E-state index contributed by atoms with van der Waals surface area (Å²) >= 11 is 0. The molecule has 0 radical (unpaired) electrons. The zero-order valence-electron chi connectivity index (χ0n) is 12.6. The first-order chi connectivity index (χ1) is 9.79. The number of nitrogens with zero attached hydrogens (tertiary/aromatic N) is 1. The van der Waals surface area contributed by atoms with E-state index in [0.717, 1.165) is 11.1 Å². The maximum atomic E-state index is 14.3. The lowest BCUT2D eigenvalue weighted by molar-refractivity contribution is 0.572. The minimum absolute atomic E-state index is 0.320. The number of hydrogen-bond donors (Lipinski definition) is 2. The van der Waals surface area contributed by atoms with Gasteiger partial charge in [0.15, 0.2) is 0 Å². The van der Waals surface area contributed by atoms with Crippen LogP contribution in [0.1, 0.15) is 39.3 Å². The molecule has 0 bridgehead atoms. The number of hydrogen-bond acceptors (Lipinski definition) is 2. The molecule has 0 amide bonds. The van der Waals surface area contributed by atoms with Gasteiger partial charge >= 0.3 is 0 Å². The third kappa shape index (κ3) is 3.77. The van der Waals surface area contributed by atoms with Crippen molar-refractivity contribution >= 4 is 11.0 Å². The second kappa shape index (κ2) is 6.07. The Kier molecular flexibility index (Phi) is 4.58. The maximum Gasteiger partial charge on any atom is 0.128 e. The van der Waals surface area contributed by atoms with E-state index >= 15 is 0 Å². The molecule has 0 unspecified atom stereocenters. The molecule has 0 aliphatic carbocycles. The fraction of sp³-hybridized carbons (Fsp3) is 0.400. The Morgan fingerprint density at radius 2 is 2.05 bits per heavy atom. The van der Waals surface area contributed by atoms with Crippen LogP contribution in [0.15, 0.2) is 30.6 Å². The van der Waals surface area contributed by atoms with Crippen molar-refractivity contribution in [3.63, 3.8) is 0 Å². The molecule has 2 rings (SSSR count). The molecule has 2 aromatic rings. The van der Waals surface area contributed by atoms with E-state index in [9.17, 15) is 8.60 Å². The second-order valence-electron chi connectivity index (χ2n) is 5.94. The van der Waals surface area contributed by atoms with Crippen molar-refractivity contribution in [2.24, 2.45) is 0 Å². The molecule has 6 heteroatoms. The monoisotopic (exact) mass is 309 g/mol. The standard InChI is InChI=1S/C15H20FN3OS/c1-10(19-21(20)15(2,3)4)13-6-5-11(7-14(13)16)12-8-17-18-9-12/h5-10,19H,1-4H3,(H,17,18)/t10-,21-/m0/s1. The minimum atomic E-state index is -1.24. The van der Waals surface area contributed by atoms with Gasteiger partial charge < -0.3 is 0 Å². The quantitative estimate of drug-likeness (QED) is 0.910. The Labute approximate surface area is 126 Å². The van der Waals surface area contributed by atoms with Gasteiger partial charge in [-0.3, -0.25) is 5.10 Å². The summed E-state index contributed by atoms with van der Waals surface area (Å²) in [5.41, 5.74) is 2.09. The number of aromatic nitrogens is 2. The summed E-state index contributed by atoms with van der Waals surface area (Å²) in [5, 5.41) is 6.55. The molecule has 1 heterocycles. The summed E-state index contributed by atoms with van der Waals surface area (Å²) in [6.45, 7) is 7.43. The summed E-state index contributed by atoms with van der Waals surface area (Å²) in [5.74, 6) is -0.320. The lowest BCUT2D eigenvalue weighted by Gasteiger charge is -2.22. The van der Waals surface area contributed by atoms with E-state index in [4.69, 9.17) is 0 Å². The van der Waals surface area contributed by atoms with Crippen LogP contribution in [0.5, 0.6) is 0 Å². The highest BCUT2D eigenvalue weighted by Crippen LogP contribution is 2.25. The van der Waals surface area contributed by atoms with Gasteiger partial charge in [-0.05, 0) is 39.3 Å². The Balaban J connectivity index is 2.19. The average Bonchev–Trinajstić information content (AvgIpc) is 2.90. The van der Waals surface area contributed by atoms with Gasteiger partial charge in [0, 0.05) is 23.4 Å². The Morgan fingerprint density at radius 3 is 2.57 bits per heavy atom. The molecular formula is C15H20FN3OS. The Hall–Kier alpha value is -1.53. The molecule has 0 fully saturated rings. The molecule has 0 saturated carbocycles. The number of rotatable bonds is 4. The number of nitrogens with one attached hydrogen (secondary N) is 2. The highest BCUT2D eigenvalue weighted by atomic mass is 32.2. The molecule has 0 aliphatic heterocycles. The van der Waals surface area contributed by atoms with E-state index in [1.165, 1.54) is 6.07 Å². The first-order valence-electron chi connectivity index (χ1n) is 6.75. The van der Waals surface area contributed by atoms with Gasteiger partial charge in [0.2, 0.25) is 0 Å². The number of benzene rings is 1. The van der Waals surface area contributed by atoms with E-state index in [1.54, 1.807) is 25.4 Å². The van der Waals surface area contributed by atoms with Crippen LogP contribution in [-0.2, 0) is 11.0 Å². The van der Waals surface area contributed by atoms with Gasteiger partial charge in [-0.1, -0.05) is 12.1 Å². The number of halogens is 1. The van der Waals surface area contributed by atoms with Gasteiger partial charge in [0.25, 0.3) is 0 Å². The van der Waals surface area contributed by atoms with Crippen molar-refractivity contribution in [3.05, 3.63) is 42.0 Å². The SMILES string of the molecule is C[C@H](N[S@@](=O)C(C)(C)C)c1ccc(-c2cn[nH]c2)cc1F. The molecule has 1 aromatic carbocycles. The third-order valence-corrected chi connectivity index (χ3v) is 4.82. The largest absolute Gasteiger partial charge is 0.285 e. The zero-order valence-corrected chi connectivity index (χ0v) is 13.4. The summed E-state index contributed by atoms with van der Waals surface area (Å²) in [6.07, 6.45) is 3.36. The van der Waals surface area contributed by atoms with Crippen molar-refractivity contribution in [2.75, 3.05) is 0 Å². The first kappa shape index (κ1) is 15.9. The van der Waals surface area contributed by atoms with Crippen LogP contribution in [0.3, 0.4) is 0 Å². The van der Waals surface area contributed by atoms with Crippen molar-refractivity contribution in [1.29, 1.82) is 0 Å². The molecule has 2 N–H and O–H groups in total. The maximum absolute atomic E-state index is 14.3. The van der Waals surface area contributed by atoms with Gasteiger partial charge in [-0.2, -0.15) is 5.10 Å². The van der Waals surface area contributed by atoms with Crippen LogP contribution in [0, 0.1) is 5.82 Å². The highest BCUT2D eigenvalue weighted by Gasteiger charge is 2.23. The topological polar surface area (TPSA) is 57.8 Å².